The van der Waals surface area contributed by atoms with E-state index in [1.165, 1.54) is 49.7 Å². The van der Waals surface area contributed by atoms with Crippen molar-refractivity contribution in [1.82, 2.24) is 5.32 Å². The summed E-state index contributed by atoms with van der Waals surface area (Å²) in [4.78, 5) is 0. The summed E-state index contributed by atoms with van der Waals surface area (Å²) in [6.45, 7) is 7.64. The maximum absolute atomic E-state index is 6.11. The topological polar surface area (TPSA) is 12.0 Å². The molecule has 1 aromatic rings. The van der Waals surface area contributed by atoms with Crippen LogP contribution in [0.15, 0.2) is 18.2 Å². The molecule has 0 fully saturated rings. The molecule has 0 heterocycles. The molecule has 2 heteroatoms. The van der Waals surface area contributed by atoms with E-state index in [1.807, 2.05) is 6.07 Å². The van der Waals surface area contributed by atoms with Gasteiger partial charge in [-0.1, -0.05) is 63.3 Å². The number of hydrogen-bond acceptors (Lipinski definition) is 1. The summed E-state index contributed by atoms with van der Waals surface area (Å²) in [6.07, 6.45) is 7.69. The van der Waals surface area contributed by atoms with Crippen molar-refractivity contribution in [3.05, 3.63) is 34.3 Å². The van der Waals surface area contributed by atoms with E-state index in [2.05, 4.69) is 38.2 Å². The van der Waals surface area contributed by atoms with Crippen LogP contribution in [0.25, 0.3) is 0 Å². The quantitative estimate of drug-likeness (QED) is 0.576. The molecule has 1 N–H and O–H groups in total. The van der Waals surface area contributed by atoms with Gasteiger partial charge in [-0.05, 0) is 43.5 Å². The van der Waals surface area contributed by atoms with Crippen LogP contribution in [0, 0.1) is 6.92 Å². The van der Waals surface area contributed by atoms with Crippen LogP contribution in [0.2, 0.25) is 5.02 Å². The monoisotopic (exact) mass is 281 g/mol. The van der Waals surface area contributed by atoms with E-state index in [1.54, 1.807) is 0 Å². The number of unbranched alkanes of at least 4 members (excludes halogenated alkanes) is 3. The van der Waals surface area contributed by atoms with Crippen LogP contribution in [0.3, 0.4) is 0 Å². The van der Waals surface area contributed by atoms with E-state index in [9.17, 15) is 0 Å². The van der Waals surface area contributed by atoms with Crippen LogP contribution in [0.1, 0.15) is 69.5 Å². The van der Waals surface area contributed by atoms with Crippen LogP contribution in [0.4, 0.5) is 0 Å². The molecular weight excluding hydrogens is 254 g/mol. The highest BCUT2D eigenvalue weighted by atomic mass is 35.5. The Balaban J connectivity index is 2.63. The van der Waals surface area contributed by atoms with Crippen LogP contribution in [-0.4, -0.2) is 6.54 Å². The molecule has 0 aromatic heterocycles. The molecule has 0 radical (unpaired) electrons. The zero-order chi connectivity index (χ0) is 14.1. The van der Waals surface area contributed by atoms with E-state index in [-0.39, 0.29) is 0 Å². The summed E-state index contributed by atoms with van der Waals surface area (Å²) < 4.78 is 0. The van der Waals surface area contributed by atoms with E-state index in [0.717, 1.165) is 11.6 Å². The van der Waals surface area contributed by atoms with Gasteiger partial charge in [0, 0.05) is 11.1 Å². The number of benzene rings is 1. The minimum Gasteiger partial charge on any atom is -0.310 e. The van der Waals surface area contributed by atoms with Crippen molar-refractivity contribution in [1.29, 1.82) is 0 Å². The Morgan fingerprint density at radius 3 is 2.53 bits per heavy atom. The van der Waals surface area contributed by atoms with E-state index in [0.29, 0.717) is 6.04 Å². The van der Waals surface area contributed by atoms with Crippen LogP contribution >= 0.6 is 11.6 Å². The third-order valence-corrected chi connectivity index (χ3v) is 4.00. The Bertz CT molecular complexity index is 362. The molecule has 1 aromatic carbocycles. The first-order valence-corrected chi connectivity index (χ1v) is 8.06. The molecule has 0 spiro atoms. The highest BCUT2D eigenvalue weighted by Crippen LogP contribution is 2.24. The second-order valence-corrected chi connectivity index (χ2v) is 5.77. The summed E-state index contributed by atoms with van der Waals surface area (Å²) in [5.41, 5.74) is 2.56. The van der Waals surface area contributed by atoms with Gasteiger partial charge in [-0.25, -0.2) is 0 Å². The molecule has 0 aliphatic carbocycles. The average molecular weight is 282 g/mol. The number of rotatable bonds is 9. The van der Waals surface area contributed by atoms with Gasteiger partial charge in [0.2, 0.25) is 0 Å². The average Bonchev–Trinajstić information content (AvgIpc) is 2.41. The Morgan fingerprint density at radius 1 is 1.11 bits per heavy atom. The summed E-state index contributed by atoms with van der Waals surface area (Å²) in [5, 5.41) is 4.53. The maximum atomic E-state index is 6.11. The van der Waals surface area contributed by atoms with Gasteiger partial charge in [-0.2, -0.15) is 0 Å². The van der Waals surface area contributed by atoms with Crippen molar-refractivity contribution in [2.75, 3.05) is 6.54 Å². The van der Waals surface area contributed by atoms with E-state index in [4.69, 9.17) is 11.6 Å². The normalized spacial score (nSPS) is 12.6. The molecule has 0 saturated carbocycles. The molecule has 0 saturated heterocycles. The SMILES string of the molecule is CCCCCCC(NCCC)c1ccc(Cl)c(C)c1. The first-order valence-electron chi connectivity index (χ1n) is 7.68. The van der Waals surface area contributed by atoms with Gasteiger partial charge in [-0.15, -0.1) is 0 Å². The molecule has 1 nitrogen and oxygen atoms in total. The van der Waals surface area contributed by atoms with Gasteiger partial charge >= 0.3 is 0 Å². The largest absolute Gasteiger partial charge is 0.310 e. The molecule has 0 aliphatic heterocycles. The lowest BCUT2D eigenvalue weighted by molar-refractivity contribution is 0.470. The van der Waals surface area contributed by atoms with Crippen molar-refractivity contribution in [2.45, 2.75) is 65.3 Å². The lowest BCUT2D eigenvalue weighted by Crippen LogP contribution is -2.22. The Labute approximate surface area is 123 Å². The van der Waals surface area contributed by atoms with Gasteiger partial charge < -0.3 is 5.32 Å². The summed E-state index contributed by atoms with van der Waals surface area (Å²) in [5.74, 6) is 0. The standard InChI is InChI=1S/C17H28ClN/c1-4-6-7-8-9-17(19-12-5-2)15-10-11-16(18)14(3)13-15/h10-11,13,17,19H,4-9,12H2,1-3H3. The smallest absolute Gasteiger partial charge is 0.0435 e. The number of nitrogens with one attached hydrogen (secondary N) is 1. The molecule has 1 rings (SSSR count). The minimum atomic E-state index is 0.479. The summed E-state index contributed by atoms with van der Waals surface area (Å²) in [6, 6.07) is 6.91. The van der Waals surface area contributed by atoms with Gasteiger partial charge in [0.25, 0.3) is 0 Å². The fraction of sp³-hybridized carbons (Fsp3) is 0.647. The van der Waals surface area contributed by atoms with Crippen molar-refractivity contribution in [3.8, 4) is 0 Å². The molecule has 0 bridgehead atoms. The molecule has 108 valence electrons. The Morgan fingerprint density at radius 2 is 1.89 bits per heavy atom. The van der Waals surface area contributed by atoms with E-state index >= 15 is 0 Å². The highest BCUT2D eigenvalue weighted by molar-refractivity contribution is 6.31. The van der Waals surface area contributed by atoms with Crippen molar-refractivity contribution >= 4 is 11.6 Å². The van der Waals surface area contributed by atoms with Crippen molar-refractivity contribution < 1.29 is 0 Å². The summed E-state index contributed by atoms with van der Waals surface area (Å²) in [7, 11) is 0. The number of halogens is 1. The van der Waals surface area contributed by atoms with Gasteiger partial charge in [0.05, 0.1) is 0 Å². The van der Waals surface area contributed by atoms with E-state index < -0.39 is 0 Å². The minimum absolute atomic E-state index is 0.479. The molecule has 19 heavy (non-hydrogen) atoms. The molecule has 0 aliphatic rings. The first-order chi connectivity index (χ1) is 9.19. The molecule has 0 amide bonds. The Hall–Kier alpha value is -0.530. The molecule has 1 atom stereocenters. The van der Waals surface area contributed by atoms with Crippen molar-refractivity contribution in [2.24, 2.45) is 0 Å². The van der Waals surface area contributed by atoms with Crippen LogP contribution in [-0.2, 0) is 0 Å². The predicted molar refractivity (Wildman–Crippen MR) is 86.0 cm³/mol. The van der Waals surface area contributed by atoms with Gasteiger partial charge in [0.1, 0.15) is 0 Å². The zero-order valence-corrected chi connectivity index (χ0v) is 13.4. The first kappa shape index (κ1) is 16.5. The fourth-order valence-corrected chi connectivity index (χ4v) is 2.48. The molecule has 1 unspecified atom stereocenters. The molecular formula is C17H28ClN. The second kappa shape index (κ2) is 9.39. The third kappa shape index (κ3) is 5.97. The summed E-state index contributed by atoms with van der Waals surface area (Å²) >= 11 is 6.11. The zero-order valence-electron chi connectivity index (χ0n) is 12.6. The van der Waals surface area contributed by atoms with Crippen molar-refractivity contribution in [3.63, 3.8) is 0 Å². The van der Waals surface area contributed by atoms with Crippen LogP contribution < -0.4 is 5.32 Å². The predicted octanol–water partition coefficient (Wildman–Crippen LogP) is 5.66. The maximum Gasteiger partial charge on any atom is 0.0435 e. The number of hydrogen-bond donors (Lipinski definition) is 1. The third-order valence-electron chi connectivity index (χ3n) is 3.57. The lowest BCUT2D eigenvalue weighted by atomic mass is 9.98. The second-order valence-electron chi connectivity index (χ2n) is 5.36. The Kier molecular flexibility index (Phi) is 8.16. The lowest BCUT2D eigenvalue weighted by Gasteiger charge is -2.20. The van der Waals surface area contributed by atoms with Gasteiger partial charge in [0.15, 0.2) is 0 Å². The van der Waals surface area contributed by atoms with Crippen LogP contribution in [0.5, 0.6) is 0 Å². The van der Waals surface area contributed by atoms with Gasteiger partial charge in [-0.3, -0.25) is 0 Å². The number of aryl methyl sites for hydroxylation is 1. The fourth-order valence-electron chi connectivity index (χ4n) is 2.37. The highest BCUT2D eigenvalue weighted by Gasteiger charge is 2.11.